The van der Waals surface area contributed by atoms with Crippen LogP contribution >= 0.6 is 0 Å². The molecule has 5 nitrogen and oxygen atoms in total. The summed E-state index contributed by atoms with van der Waals surface area (Å²) >= 11 is 0. The Morgan fingerprint density at radius 1 is 1.28 bits per heavy atom. The van der Waals surface area contributed by atoms with Crippen molar-refractivity contribution in [1.82, 2.24) is 9.80 Å². The lowest BCUT2D eigenvalue weighted by Crippen LogP contribution is -2.60. The summed E-state index contributed by atoms with van der Waals surface area (Å²) in [6.07, 6.45) is -7.07. The minimum atomic E-state index is -2.29. The molecule has 18 heavy (non-hydrogen) atoms. The van der Waals surface area contributed by atoms with Gasteiger partial charge in [0.1, 0.15) is 6.42 Å². The minimum absolute atomic E-state index is 0.0748. The maximum absolute atomic E-state index is 13.5. The van der Waals surface area contributed by atoms with Gasteiger partial charge >= 0.3 is 5.97 Å². The van der Waals surface area contributed by atoms with Gasteiger partial charge in [-0.3, -0.25) is 9.59 Å². The molecule has 0 aromatic rings. The molecule has 1 heterocycles. The van der Waals surface area contributed by atoms with E-state index in [-0.39, 0.29) is 6.61 Å². The zero-order chi connectivity index (χ0) is 13.9. The zero-order valence-electron chi connectivity index (χ0n) is 10.1. The Balaban J connectivity index is 2.65. The van der Waals surface area contributed by atoms with Crippen LogP contribution in [0, 0.1) is 0 Å². The van der Waals surface area contributed by atoms with Gasteiger partial charge in [0.25, 0.3) is 0 Å². The topological polar surface area (TPSA) is 49.9 Å². The number of rotatable bonds is 3. The highest BCUT2D eigenvalue weighted by atomic mass is 19.2. The van der Waals surface area contributed by atoms with Gasteiger partial charge in [0.2, 0.25) is 18.5 Å². The maximum atomic E-state index is 13.5. The summed E-state index contributed by atoms with van der Waals surface area (Å²) in [5.74, 6) is -1.83. The van der Waals surface area contributed by atoms with Gasteiger partial charge in [-0.1, -0.05) is 0 Å². The van der Waals surface area contributed by atoms with E-state index in [0.29, 0.717) is 9.80 Å². The molecule has 1 fully saturated rings. The highest BCUT2D eigenvalue weighted by molar-refractivity contribution is 5.94. The average molecular weight is 268 g/mol. The largest absolute Gasteiger partial charge is 0.466 e. The van der Waals surface area contributed by atoms with Gasteiger partial charge in [0.05, 0.1) is 13.2 Å². The van der Waals surface area contributed by atoms with Gasteiger partial charge in [-0.15, -0.1) is 0 Å². The van der Waals surface area contributed by atoms with Crippen LogP contribution < -0.4 is 0 Å². The Labute approximate surface area is 102 Å². The Morgan fingerprint density at radius 2 is 1.89 bits per heavy atom. The fourth-order valence-corrected chi connectivity index (χ4v) is 1.57. The number of esters is 1. The molecule has 1 aliphatic heterocycles. The summed E-state index contributed by atoms with van der Waals surface area (Å²) in [5, 5.41) is 0. The highest BCUT2D eigenvalue weighted by Gasteiger charge is 2.43. The first-order chi connectivity index (χ1) is 8.38. The van der Waals surface area contributed by atoms with Crippen molar-refractivity contribution >= 4 is 11.9 Å². The van der Waals surface area contributed by atoms with Crippen LogP contribution in [0.5, 0.6) is 0 Å². The highest BCUT2D eigenvalue weighted by Crippen LogP contribution is 2.23. The second-order valence-electron chi connectivity index (χ2n) is 3.87. The van der Waals surface area contributed by atoms with E-state index in [1.165, 1.54) is 0 Å². The van der Waals surface area contributed by atoms with Crippen LogP contribution in [0.2, 0.25) is 0 Å². The monoisotopic (exact) mass is 268 g/mol. The predicted molar refractivity (Wildman–Crippen MR) is 55.4 cm³/mol. The van der Waals surface area contributed by atoms with Crippen molar-refractivity contribution in [3.63, 3.8) is 0 Å². The van der Waals surface area contributed by atoms with Crippen molar-refractivity contribution < 1.29 is 27.5 Å². The standard InChI is InChI=1S/C10H15F3N2O3/c1-3-18-8(17)4-7(16)15-5-6(11)14(2)9(12)10(15)13/h6,9-10H,3-5H2,1-2H3. The van der Waals surface area contributed by atoms with Gasteiger partial charge in [0, 0.05) is 0 Å². The molecule has 0 aromatic carbocycles. The number of hydrogen-bond donors (Lipinski definition) is 0. The summed E-state index contributed by atoms with van der Waals surface area (Å²) in [4.78, 5) is 23.5. The second-order valence-corrected chi connectivity index (χ2v) is 3.87. The molecular weight excluding hydrogens is 253 g/mol. The fourth-order valence-electron chi connectivity index (χ4n) is 1.57. The molecular formula is C10H15F3N2O3. The normalized spacial score (nSPS) is 29.2. The third-order valence-corrected chi connectivity index (χ3v) is 2.62. The maximum Gasteiger partial charge on any atom is 0.315 e. The predicted octanol–water partition coefficient (Wildman–Crippen LogP) is 0.600. The number of halogens is 3. The van der Waals surface area contributed by atoms with Crippen molar-refractivity contribution in [3.05, 3.63) is 0 Å². The molecule has 8 heteroatoms. The summed E-state index contributed by atoms with van der Waals surface area (Å²) < 4.78 is 44.7. The van der Waals surface area contributed by atoms with E-state index < -0.39 is 43.7 Å². The van der Waals surface area contributed by atoms with E-state index in [1.54, 1.807) is 6.92 Å². The van der Waals surface area contributed by atoms with Crippen molar-refractivity contribution in [2.24, 2.45) is 0 Å². The summed E-state index contributed by atoms with van der Waals surface area (Å²) in [7, 11) is 1.08. The van der Waals surface area contributed by atoms with Gasteiger partial charge in [-0.05, 0) is 14.0 Å². The lowest BCUT2D eigenvalue weighted by Gasteiger charge is -2.40. The fraction of sp³-hybridized carbons (Fsp3) is 0.800. The lowest BCUT2D eigenvalue weighted by atomic mass is 10.2. The van der Waals surface area contributed by atoms with Gasteiger partial charge in [-0.25, -0.2) is 18.1 Å². The van der Waals surface area contributed by atoms with Crippen molar-refractivity contribution in [3.8, 4) is 0 Å². The molecule has 1 aliphatic rings. The molecule has 0 radical (unpaired) electrons. The lowest BCUT2D eigenvalue weighted by molar-refractivity contribution is -0.174. The molecule has 0 N–H and O–H groups in total. The Kier molecular flexibility index (Phi) is 4.94. The van der Waals surface area contributed by atoms with E-state index in [9.17, 15) is 22.8 Å². The van der Waals surface area contributed by atoms with Crippen LogP contribution in [0.4, 0.5) is 13.2 Å². The van der Waals surface area contributed by atoms with E-state index in [2.05, 4.69) is 4.74 Å². The molecule has 3 atom stereocenters. The first-order valence-electron chi connectivity index (χ1n) is 5.47. The Bertz CT molecular complexity index is 329. The SMILES string of the molecule is CCOC(=O)CC(=O)N1CC(F)N(C)C(F)C1F. The number of hydrogen-bond acceptors (Lipinski definition) is 4. The van der Waals surface area contributed by atoms with E-state index >= 15 is 0 Å². The molecule has 104 valence electrons. The molecule has 0 bridgehead atoms. The van der Waals surface area contributed by atoms with Gasteiger partial charge in [-0.2, -0.15) is 0 Å². The number of piperazine rings is 1. The number of alkyl halides is 3. The quantitative estimate of drug-likeness (QED) is 0.427. The molecule has 0 spiro atoms. The molecule has 1 saturated heterocycles. The van der Waals surface area contributed by atoms with Crippen LogP contribution in [-0.4, -0.2) is 60.8 Å². The number of carbonyl (C=O) groups excluding carboxylic acids is 2. The van der Waals surface area contributed by atoms with Gasteiger partial charge in [0.15, 0.2) is 6.30 Å². The van der Waals surface area contributed by atoms with Crippen LogP contribution in [0.1, 0.15) is 13.3 Å². The molecule has 1 rings (SSSR count). The van der Waals surface area contributed by atoms with Crippen LogP contribution in [0.15, 0.2) is 0 Å². The van der Waals surface area contributed by atoms with Crippen molar-refractivity contribution in [2.75, 3.05) is 20.2 Å². The number of likely N-dealkylation sites (N-methyl/N-ethyl adjacent to an activating group) is 1. The molecule has 3 unspecified atom stereocenters. The third kappa shape index (κ3) is 3.12. The van der Waals surface area contributed by atoms with E-state index in [0.717, 1.165) is 7.05 Å². The smallest absolute Gasteiger partial charge is 0.315 e. The van der Waals surface area contributed by atoms with Crippen molar-refractivity contribution in [2.45, 2.75) is 32.2 Å². The summed E-state index contributed by atoms with van der Waals surface area (Å²) in [6, 6.07) is 0. The molecule has 0 aromatic heterocycles. The number of nitrogens with zero attached hydrogens (tertiary/aromatic N) is 2. The average Bonchev–Trinajstić information content (AvgIpc) is 2.31. The Morgan fingerprint density at radius 3 is 2.44 bits per heavy atom. The minimum Gasteiger partial charge on any atom is -0.466 e. The van der Waals surface area contributed by atoms with Crippen LogP contribution in [-0.2, 0) is 14.3 Å². The summed E-state index contributed by atoms with van der Waals surface area (Å²) in [5.41, 5.74) is 0. The first kappa shape index (κ1) is 14.7. The Hall–Kier alpha value is -1.31. The number of ether oxygens (including phenoxy) is 1. The number of amides is 1. The van der Waals surface area contributed by atoms with E-state index in [1.807, 2.05) is 0 Å². The number of carbonyl (C=O) groups is 2. The molecule has 1 amide bonds. The van der Waals surface area contributed by atoms with E-state index in [4.69, 9.17) is 0 Å². The molecule has 0 saturated carbocycles. The van der Waals surface area contributed by atoms with Crippen LogP contribution in [0.25, 0.3) is 0 Å². The third-order valence-electron chi connectivity index (χ3n) is 2.62. The van der Waals surface area contributed by atoms with Gasteiger partial charge < -0.3 is 9.64 Å². The molecule has 0 aliphatic carbocycles. The van der Waals surface area contributed by atoms with Crippen LogP contribution in [0.3, 0.4) is 0 Å². The van der Waals surface area contributed by atoms with Crippen molar-refractivity contribution in [1.29, 1.82) is 0 Å². The zero-order valence-corrected chi connectivity index (χ0v) is 10.1. The second kappa shape index (κ2) is 6.03. The first-order valence-corrected chi connectivity index (χ1v) is 5.47. The summed E-state index contributed by atoms with van der Waals surface area (Å²) in [6.45, 7) is 1.01.